The minimum atomic E-state index is -0.366. The van der Waals surface area contributed by atoms with Crippen molar-refractivity contribution in [3.05, 3.63) is 35.4 Å². The molecular weight excluding hydrogens is 198 g/mol. The minimum absolute atomic E-state index is 0.366. The van der Waals surface area contributed by atoms with Crippen molar-refractivity contribution >= 4 is 6.29 Å². The van der Waals surface area contributed by atoms with E-state index in [1.165, 1.54) is 11.1 Å². The van der Waals surface area contributed by atoms with Gasteiger partial charge in [-0.1, -0.05) is 36.8 Å². The topological polar surface area (TPSA) is 20.3 Å². The third-order valence-electron chi connectivity index (χ3n) is 3.35. The highest BCUT2D eigenvalue weighted by Gasteiger charge is 2.30. The molecule has 0 aromatic heterocycles. The van der Waals surface area contributed by atoms with Crippen molar-refractivity contribution in [2.24, 2.45) is 0 Å². The maximum absolute atomic E-state index is 11.3. The Labute approximate surface area is 98.3 Å². The van der Waals surface area contributed by atoms with Gasteiger partial charge in [0.2, 0.25) is 0 Å². The normalized spacial score (nSPS) is 14.8. The number of aryl methyl sites for hydroxylation is 1. The smallest absolute Gasteiger partial charge is 0.140 e. The highest BCUT2D eigenvalue weighted by Crippen LogP contribution is 2.20. The lowest BCUT2D eigenvalue weighted by molar-refractivity contribution is -0.117. The second-order valence-electron chi connectivity index (χ2n) is 4.63. The van der Waals surface area contributed by atoms with Crippen LogP contribution in [0.5, 0.6) is 0 Å². The molecule has 1 atom stereocenters. The monoisotopic (exact) mass is 219 g/mol. The fraction of sp³-hybridized carbons (Fsp3) is 0.500. The second kappa shape index (κ2) is 5.26. The molecule has 0 amide bonds. The first kappa shape index (κ1) is 12.9. The summed E-state index contributed by atoms with van der Waals surface area (Å²) in [5.74, 6) is 0. The predicted octanol–water partition coefficient (Wildman–Crippen LogP) is 2.45. The van der Waals surface area contributed by atoms with Crippen LogP contribution in [0.3, 0.4) is 0 Å². The zero-order chi connectivity index (χ0) is 12.2. The van der Waals surface area contributed by atoms with Gasteiger partial charge in [0.25, 0.3) is 0 Å². The maximum atomic E-state index is 11.3. The summed E-state index contributed by atoms with van der Waals surface area (Å²) in [6.45, 7) is 4.13. The van der Waals surface area contributed by atoms with Gasteiger partial charge < -0.3 is 4.79 Å². The standard InChI is InChI=1S/C14H21NO/c1-5-14(11-16,15(3)4)10-13-8-6-12(2)7-9-13/h6-9,11H,5,10H2,1-4H3. The van der Waals surface area contributed by atoms with Crippen molar-refractivity contribution in [3.8, 4) is 0 Å². The van der Waals surface area contributed by atoms with Crippen LogP contribution in [-0.4, -0.2) is 30.8 Å². The average molecular weight is 219 g/mol. The molecule has 0 aliphatic rings. The average Bonchev–Trinajstić information content (AvgIpc) is 2.28. The summed E-state index contributed by atoms with van der Waals surface area (Å²) in [6.07, 6.45) is 2.69. The lowest BCUT2D eigenvalue weighted by Crippen LogP contribution is -2.47. The van der Waals surface area contributed by atoms with Crippen LogP contribution in [0.1, 0.15) is 24.5 Å². The summed E-state index contributed by atoms with van der Waals surface area (Å²) in [5.41, 5.74) is 2.10. The molecule has 1 aromatic carbocycles. The van der Waals surface area contributed by atoms with Gasteiger partial charge in [-0.2, -0.15) is 0 Å². The van der Waals surface area contributed by atoms with Gasteiger partial charge in [-0.25, -0.2) is 0 Å². The Kier molecular flexibility index (Phi) is 4.25. The van der Waals surface area contributed by atoms with E-state index in [1.807, 2.05) is 19.0 Å². The molecule has 0 radical (unpaired) electrons. The molecule has 16 heavy (non-hydrogen) atoms. The highest BCUT2D eigenvalue weighted by molar-refractivity contribution is 5.65. The SMILES string of the molecule is CCC(C=O)(Cc1ccc(C)cc1)N(C)C. The van der Waals surface area contributed by atoms with E-state index in [2.05, 4.69) is 38.1 Å². The van der Waals surface area contributed by atoms with E-state index < -0.39 is 0 Å². The van der Waals surface area contributed by atoms with Crippen LogP contribution in [0.2, 0.25) is 0 Å². The fourth-order valence-corrected chi connectivity index (χ4v) is 1.89. The van der Waals surface area contributed by atoms with Crippen molar-refractivity contribution in [2.75, 3.05) is 14.1 Å². The largest absolute Gasteiger partial charge is 0.301 e. The van der Waals surface area contributed by atoms with Crippen LogP contribution in [0.25, 0.3) is 0 Å². The number of aldehydes is 1. The van der Waals surface area contributed by atoms with Crippen LogP contribution >= 0.6 is 0 Å². The van der Waals surface area contributed by atoms with Gasteiger partial charge in [0.1, 0.15) is 6.29 Å². The number of nitrogens with zero attached hydrogens (tertiary/aromatic N) is 1. The Balaban J connectivity index is 2.91. The zero-order valence-electron chi connectivity index (χ0n) is 10.7. The molecule has 0 bridgehead atoms. The van der Waals surface area contributed by atoms with E-state index in [0.29, 0.717) is 0 Å². The van der Waals surface area contributed by atoms with Crippen LogP contribution in [0, 0.1) is 6.92 Å². The first-order valence-corrected chi connectivity index (χ1v) is 5.73. The Bertz CT molecular complexity index is 342. The molecular formula is C14H21NO. The van der Waals surface area contributed by atoms with Gasteiger partial charge in [0, 0.05) is 0 Å². The Morgan fingerprint density at radius 2 is 1.81 bits per heavy atom. The number of carbonyl (C=O) groups excluding carboxylic acids is 1. The predicted molar refractivity (Wildman–Crippen MR) is 67.7 cm³/mol. The maximum Gasteiger partial charge on any atom is 0.140 e. The van der Waals surface area contributed by atoms with Crippen molar-refractivity contribution in [1.29, 1.82) is 0 Å². The summed E-state index contributed by atoms with van der Waals surface area (Å²) in [5, 5.41) is 0. The van der Waals surface area contributed by atoms with Crippen molar-refractivity contribution in [2.45, 2.75) is 32.2 Å². The molecule has 0 fully saturated rings. The van der Waals surface area contributed by atoms with Gasteiger partial charge in [-0.05, 0) is 39.4 Å². The third kappa shape index (κ3) is 2.70. The number of rotatable bonds is 5. The summed E-state index contributed by atoms with van der Waals surface area (Å²) < 4.78 is 0. The highest BCUT2D eigenvalue weighted by atomic mass is 16.1. The first-order chi connectivity index (χ1) is 7.54. The van der Waals surface area contributed by atoms with Gasteiger partial charge in [-0.3, -0.25) is 4.90 Å². The summed E-state index contributed by atoms with van der Waals surface area (Å²) in [4.78, 5) is 13.3. The van der Waals surface area contributed by atoms with Crippen LogP contribution in [-0.2, 0) is 11.2 Å². The fourth-order valence-electron chi connectivity index (χ4n) is 1.89. The molecule has 0 saturated carbocycles. The number of hydrogen-bond donors (Lipinski definition) is 0. The molecule has 2 nitrogen and oxygen atoms in total. The number of hydrogen-bond acceptors (Lipinski definition) is 2. The molecule has 1 aromatic rings. The zero-order valence-corrected chi connectivity index (χ0v) is 10.7. The van der Waals surface area contributed by atoms with E-state index in [-0.39, 0.29) is 5.54 Å². The Morgan fingerprint density at radius 1 is 1.25 bits per heavy atom. The molecule has 1 rings (SSSR count). The van der Waals surface area contributed by atoms with E-state index in [4.69, 9.17) is 0 Å². The molecule has 0 heterocycles. The van der Waals surface area contributed by atoms with Gasteiger partial charge in [-0.15, -0.1) is 0 Å². The summed E-state index contributed by atoms with van der Waals surface area (Å²) in [7, 11) is 3.93. The first-order valence-electron chi connectivity index (χ1n) is 5.73. The van der Waals surface area contributed by atoms with Crippen molar-refractivity contribution < 1.29 is 4.79 Å². The van der Waals surface area contributed by atoms with Crippen molar-refractivity contribution in [1.82, 2.24) is 4.90 Å². The molecule has 88 valence electrons. The second-order valence-corrected chi connectivity index (χ2v) is 4.63. The molecule has 0 spiro atoms. The van der Waals surface area contributed by atoms with Crippen LogP contribution in [0.15, 0.2) is 24.3 Å². The lowest BCUT2D eigenvalue weighted by Gasteiger charge is -2.34. The number of likely N-dealkylation sites (N-methyl/N-ethyl adjacent to an activating group) is 1. The van der Waals surface area contributed by atoms with E-state index in [9.17, 15) is 4.79 Å². The molecule has 2 heteroatoms. The third-order valence-corrected chi connectivity index (χ3v) is 3.35. The Hall–Kier alpha value is -1.15. The summed E-state index contributed by atoms with van der Waals surface area (Å²) >= 11 is 0. The quantitative estimate of drug-likeness (QED) is 0.709. The molecule has 0 N–H and O–H groups in total. The van der Waals surface area contributed by atoms with Gasteiger partial charge >= 0.3 is 0 Å². The van der Waals surface area contributed by atoms with Gasteiger partial charge in [0.15, 0.2) is 0 Å². The molecule has 0 aliphatic heterocycles. The Morgan fingerprint density at radius 3 is 2.19 bits per heavy atom. The number of carbonyl (C=O) groups is 1. The molecule has 0 saturated heterocycles. The van der Waals surface area contributed by atoms with E-state index >= 15 is 0 Å². The summed E-state index contributed by atoms with van der Waals surface area (Å²) in [6, 6.07) is 8.39. The van der Waals surface area contributed by atoms with Gasteiger partial charge in [0.05, 0.1) is 5.54 Å². The van der Waals surface area contributed by atoms with E-state index in [0.717, 1.165) is 19.1 Å². The minimum Gasteiger partial charge on any atom is -0.301 e. The lowest BCUT2D eigenvalue weighted by atomic mass is 9.88. The molecule has 1 unspecified atom stereocenters. The van der Waals surface area contributed by atoms with Crippen molar-refractivity contribution in [3.63, 3.8) is 0 Å². The van der Waals surface area contributed by atoms with Crippen LogP contribution < -0.4 is 0 Å². The van der Waals surface area contributed by atoms with Crippen LogP contribution in [0.4, 0.5) is 0 Å². The number of benzene rings is 1. The van der Waals surface area contributed by atoms with E-state index in [1.54, 1.807) is 0 Å². The molecule has 0 aliphatic carbocycles.